The van der Waals surface area contributed by atoms with Crippen molar-refractivity contribution in [3.8, 4) is 22.5 Å². The van der Waals surface area contributed by atoms with Gasteiger partial charge in [0.2, 0.25) is 5.82 Å². The Labute approximate surface area is 202 Å². The van der Waals surface area contributed by atoms with Gasteiger partial charge in [0.15, 0.2) is 0 Å². The first-order chi connectivity index (χ1) is 17.1. The molecule has 0 bridgehead atoms. The average molecular weight is 467 g/mol. The molecule has 2 heterocycles. The molecule has 0 aliphatic rings. The number of aryl methyl sites for hydroxylation is 2. The van der Waals surface area contributed by atoms with Crippen molar-refractivity contribution in [1.82, 2.24) is 30.2 Å². The van der Waals surface area contributed by atoms with Crippen molar-refractivity contribution in [2.24, 2.45) is 0 Å². The summed E-state index contributed by atoms with van der Waals surface area (Å²) < 4.78 is 2.21. The quantitative estimate of drug-likeness (QED) is 0.322. The van der Waals surface area contributed by atoms with E-state index in [2.05, 4.69) is 62.4 Å². The number of aromatic carboxylic acids is 1. The number of unbranched alkanes of at least 4 members (excludes halogenated alkanes) is 1. The maximum absolute atomic E-state index is 11.6. The fraction of sp³-hybridized carbons (Fsp3) is 0.222. The van der Waals surface area contributed by atoms with E-state index < -0.39 is 5.97 Å². The number of aromatic nitrogens is 6. The highest BCUT2D eigenvalue weighted by molar-refractivity contribution is 5.95. The topological polar surface area (TPSA) is 110 Å². The van der Waals surface area contributed by atoms with Crippen LogP contribution in [0.1, 0.15) is 47.1 Å². The Morgan fingerprint density at radius 3 is 2.49 bits per heavy atom. The first kappa shape index (κ1) is 22.5. The van der Waals surface area contributed by atoms with Crippen LogP contribution in [0.2, 0.25) is 0 Å². The third kappa shape index (κ3) is 4.30. The Morgan fingerprint density at radius 2 is 1.80 bits per heavy atom. The van der Waals surface area contributed by atoms with Gasteiger partial charge >= 0.3 is 5.97 Å². The molecule has 0 amide bonds. The molecule has 3 aromatic carbocycles. The van der Waals surface area contributed by atoms with Gasteiger partial charge in [-0.05, 0) is 52.9 Å². The monoisotopic (exact) mass is 466 g/mol. The van der Waals surface area contributed by atoms with E-state index >= 15 is 0 Å². The molecule has 8 heteroatoms. The van der Waals surface area contributed by atoms with Crippen LogP contribution < -0.4 is 0 Å². The lowest BCUT2D eigenvalue weighted by molar-refractivity contribution is 0.0696. The first-order valence-corrected chi connectivity index (χ1v) is 11.7. The van der Waals surface area contributed by atoms with Gasteiger partial charge in [0.1, 0.15) is 5.82 Å². The van der Waals surface area contributed by atoms with Gasteiger partial charge in [-0.3, -0.25) is 0 Å². The molecule has 5 rings (SSSR count). The summed E-state index contributed by atoms with van der Waals surface area (Å²) in [5.74, 6) is 0.621. The second-order valence-corrected chi connectivity index (χ2v) is 8.61. The van der Waals surface area contributed by atoms with Crippen LogP contribution in [-0.4, -0.2) is 41.3 Å². The van der Waals surface area contributed by atoms with Crippen LogP contribution in [0.3, 0.4) is 0 Å². The molecule has 0 fully saturated rings. The zero-order chi connectivity index (χ0) is 24.4. The number of carbonyl (C=O) groups is 1. The Hall–Kier alpha value is -4.33. The standard InChI is InChI=1S/C27H26N6O2/c1-3-4-9-24-28-25-17(2)20(27(34)35)14-15-23(25)33(24)16-18-10-12-19(13-11-18)21-7-5-6-8-22(21)26-29-31-32-30-26/h5-8,10-15H,3-4,9,16H2,1-2H3,(H,34,35)(H,29,30,31,32). The van der Waals surface area contributed by atoms with E-state index in [1.807, 2.05) is 31.2 Å². The largest absolute Gasteiger partial charge is 0.478 e. The summed E-state index contributed by atoms with van der Waals surface area (Å²) in [4.78, 5) is 16.5. The Balaban J connectivity index is 1.50. The van der Waals surface area contributed by atoms with Gasteiger partial charge < -0.3 is 9.67 Å². The van der Waals surface area contributed by atoms with E-state index in [4.69, 9.17) is 4.98 Å². The van der Waals surface area contributed by atoms with E-state index in [0.29, 0.717) is 23.5 Å². The van der Waals surface area contributed by atoms with Crippen molar-refractivity contribution in [2.45, 2.75) is 39.7 Å². The SMILES string of the molecule is CCCCc1nc2c(C)c(C(=O)O)ccc2n1Cc1ccc(-c2ccccc2-c2nn[nH]n2)cc1. The van der Waals surface area contributed by atoms with Gasteiger partial charge in [-0.2, -0.15) is 5.21 Å². The van der Waals surface area contributed by atoms with Crippen LogP contribution in [0, 0.1) is 6.92 Å². The Kier molecular flexibility index (Phi) is 6.10. The molecule has 0 radical (unpaired) electrons. The molecule has 0 atom stereocenters. The number of rotatable bonds is 8. The molecule has 2 N–H and O–H groups in total. The van der Waals surface area contributed by atoms with Crippen molar-refractivity contribution in [1.29, 1.82) is 0 Å². The molecule has 0 saturated heterocycles. The number of carboxylic acid groups (broad SMARTS) is 1. The molecule has 8 nitrogen and oxygen atoms in total. The smallest absolute Gasteiger partial charge is 0.336 e. The van der Waals surface area contributed by atoms with E-state index in [1.54, 1.807) is 6.07 Å². The second kappa shape index (κ2) is 9.50. The van der Waals surface area contributed by atoms with Crippen LogP contribution in [0.5, 0.6) is 0 Å². The van der Waals surface area contributed by atoms with Crippen LogP contribution in [0.15, 0.2) is 60.7 Å². The molecule has 176 valence electrons. The molecule has 0 aliphatic carbocycles. The zero-order valence-electron chi connectivity index (χ0n) is 19.7. The number of fused-ring (bicyclic) bond motifs is 1. The number of benzene rings is 3. The van der Waals surface area contributed by atoms with Gasteiger partial charge in [-0.25, -0.2) is 9.78 Å². The number of hydrogen-bond acceptors (Lipinski definition) is 5. The summed E-state index contributed by atoms with van der Waals surface area (Å²) in [6, 6.07) is 20.0. The lowest BCUT2D eigenvalue weighted by atomic mass is 9.98. The summed E-state index contributed by atoms with van der Waals surface area (Å²) in [5, 5.41) is 24.0. The third-order valence-electron chi connectivity index (χ3n) is 6.36. The molecule has 0 unspecified atom stereocenters. The third-order valence-corrected chi connectivity index (χ3v) is 6.36. The predicted molar refractivity (Wildman–Crippen MR) is 134 cm³/mol. The molecule has 35 heavy (non-hydrogen) atoms. The van der Waals surface area contributed by atoms with E-state index in [-0.39, 0.29) is 0 Å². The normalized spacial score (nSPS) is 11.3. The van der Waals surface area contributed by atoms with Gasteiger partial charge in [-0.15, -0.1) is 10.2 Å². The number of hydrogen-bond donors (Lipinski definition) is 2. The minimum Gasteiger partial charge on any atom is -0.478 e. The van der Waals surface area contributed by atoms with Gasteiger partial charge in [0.05, 0.1) is 16.6 Å². The van der Waals surface area contributed by atoms with E-state index in [0.717, 1.165) is 58.4 Å². The number of carboxylic acids is 1. The van der Waals surface area contributed by atoms with Crippen LogP contribution in [0.25, 0.3) is 33.5 Å². The molecular formula is C27H26N6O2. The number of nitrogens with zero attached hydrogens (tertiary/aromatic N) is 5. The molecule has 0 saturated carbocycles. The fourth-order valence-electron chi connectivity index (χ4n) is 4.49. The highest BCUT2D eigenvalue weighted by Gasteiger charge is 2.17. The zero-order valence-corrected chi connectivity index (χ0v) is 19.7. The van der Waals surface area contributed by atoms with Crippen LogP contribution >= 0.6 is 0 Å². The summed E-state index contributed by atoms with van der Waals surface area (Å²) in [6.45, 7) is 4.66. The summed E-state index contributed by atoms with van der Waals surface area (Å²) in [5.41, 5.74) is 6.90. The second-order valence-electron chi connectivity index (χ2n) is 8.61. The highest BCUT2D eigenvalue weighted by Crippen LogP contribution is 2.30. The fourth-order valence-corrected chi connectivity index (χ4v) is 4.49. The highest BCUT2D eigenvalue weighted by atomic mass is 16.4. The molecular weight excluding hydrogens is 440 g/mol. The average Bonchev–Trinajstić information content (AvgIpc) is 3.52. The van der Waals surface area contributed by atoms with Crippen molar-refractivity contribution in [2.75, 3.05) is 0 Å². The van der Waals surface area contributed by atoms with Crippen molar-refractivity contribution in [3.05, 3.63) is 83.2 Å². The predicted octanol–water partition coefficient (Wildman–Crippen LogP) is 5.28. The number of imidazole rings is 1. The maximum Gasteiger partial charge on any atom is 0.336 e. The minimum atomic E-state index is -0.925. The van der Waals surface area contributed by atoms with Gasteiger partial charge in [0, 0.05) is 18.5 Å². The van der Waals surface area contributed by atoms with Crippen molar-refractivity contribution < 1.29 is 9.90 Å². The van der Waals surface area contributed by atoms with Crippen molar-refractivity contribution >= 4 is 17.0 Å². The number of H-pyrrole nitrogens is 1. The van der Waals surface area contributed by atoms with Gasteiger partial charge in [-0.1, -0.05) is 61.9 Å². The summed E-state index contributed by atoms with van der Waals surface area (Å²) in [6.07, 6.45) is 2.94. The van der Waals surface area contributed by atoms with Crippen LogP contribution in [-0.2, 0) is 13.0 Å². The summed E-state index contributed by atoms with van der Waals surface area (Å²) in [7, 11) is 0. The maximum atomic E-state index is 11.6. The molecule has 0 aliphatic heterocycles. The summed E-state index contributed by atoms with van der Waals surface area (Å²) >= 11 is 0. The molecule has 0 spiro atoms. The lowest BCUT2D eigenvalue weighted by Crippen LogP contribution is -2.06. The Morgan fingerprint density at radius 1 is 1.03 bits per heavy atom. The first-order valence-electron chi connectivity index (χ1n) is 11.7. The lowest BCUT2D eigenvalue weighted by Gasteiger charge is -2.12. The van der Waals surface area contributed by atoms with Crippen LogP contribution in [0.4, 0.5) is 0 Å². The number of tetrazole rings is 1. The molecule has 2 aromatic heterocycles. The number of nitrogens with one attached hydrogen (secondary N) is 1. The van der Waals surface area contributed by atoms with Gasteiger partial charge in [0.25, 0.3) is 0 Å². The minimum absolute atomic E-state index is 0.300. The van der Waals surface area contributed by atoms with E-state index in [9.17, 15) is 9.90 Å². The van der Waals surface area contributed by atoms with Crippen molar-refractivity contribution in [3.63, 3.8) is 0 Å². The number of aromatic amines is 1. The Bertz CT molecular complexity index is 1490. The molecule has 5 aromatic rings. The van der Waals surface area contributed by atoms with E-state index in [1.165, 1.54) is 0 Å².